The summed E-state index contributed by atoms with van der Waals surface area (Å²) in [7, 11) is 3.99. The second kappa shape index (κ2) is 11.9. The lowest BCUT2D eigenvalue weighted by atomic mass is 10.1. The molecule has 0 saturated heterocycles. The van der Waals surface area contributed by atoms with Gasteiger partial charge in [-0.15, -0.1) is 12.4 Å². The number of fused-ring (bicyclic) bond motifs is 1. The number of carbonyl (C=O) groups excluding carboxylic acids is 2. The second-order valence-electron chi connectivity index (χ2n) is 8.51. The number of H-pyrrole nitrogens is 1. The van der Waals surface area contributed by atoms with Crippen LogP contribution in [0.3, 0.4) is 0 Å². The third-order valence-corrected chi connectivity index (χ3v) is 5.44. The van der Waals surface area contributed by atoms with Crippen molar-refractivity contribution in [3.8, 4) is 0 Å². The van der Waals surface area contributed by atoms with Gasteiger partial charge in [0.15, 0.2) is 11.3 Å². The summed E-state index contributed by atoms with van der Waals surface area (Å²) in [6, 6.07) is 9.57. The van der Waals surface area contributed by atoms with E-state index < -0.39 is 11.8 Å². The SMILES string of the molecule is Cc1cc(CN(C)C)ccc1NC1=C(C(=O)OCCCO)C(=O)C(=Cc2c[nH]c3ncccc23)O1.Cl. The Kier molecular flexibility index (Phi) is 8.87. The molecule has 190 valence electrons. The molecule has 3 aromatic rings. The molecule has 1 aliphatic rings. The van der Waals surface area contributed by atoms with Crippen LogP contribution in [-0.4, -0.2) is 59.0 Å². The summed E-state index contributed by atoms with van der Waals surface area (Å²) in [6.07, 6.45) is 5.24. The first-order valence-corrected chi connectivity index (χ1v) is 11.3. The van der Waals surface area contributed by atoms with Crippen LogP contribution in [0.1, 0.15) is 23.1 Å². The normalized spacial score (nSPS) is 14.4. The van der Waals surface area contributed by atoms with Crippen molar-refractivity contribution in [1.82, 2.24) is 14.9 Å². The lowest BCUT2D eigenvalue weighted by molar-refractivity contribution is -0.140. The van der Waals surface area contributed by atoms with Crippen molar-refractivity contribution in [2.75, 3.05) is 32.6 Å². The van der Waals surface area contributed by atoms with Gasteiger partial charge >= 0.3 is 5.97 Å². The molecule has 0 aliphatic carbocycles. The number of aromatic nitrogens is 2. The first-order valence-electron chi connectivity index (χ1n) is 11.3. The monoisotopic (exact) mass is 512 g/mol. The largest absolute Gasteiger partial charge is 0.462 e. The Balaban J connectivity index is 0.00000361. The summed E-state index contributed by atoms with van der Waals surface area (Å²) in [5.74, 6) is -1.39. The van der Waals surface area contributed by atoms with Gasteiger partial charge in [-0.05, 0) is 56.4 Å². The van der Waals surface area contributed by atoms with Crippen LogP contribution >= 0.6 is 12.4 Å². The second-order valence-corrected chi connectivity index (χ2v) is 8.51. The molecule has 3 N–H and O–H groups in total. The van der Waals surface area contributed by atoms with Crippen molar-refractivity contribution in [1.29, 1.82) is 0 Å². The lowest BCUT2D eigenvalue weighted by Gasteiger charge is -2.14. The number of aliphatic hydroxyl groups excluding tert-OH is 1. The molecule has 0 amide bonds. The molecule has 0 bridgehead atoms. The van der Waals surface area contributed by atoms with Crippen molar-refractivity contribution in [2.24, 2.45) is 0 Å². The summed E-state index contributed by atoms with van der Waals surface area (Å²) >= 11 is 0. The molecular weight excluding hydrogens is 484 g/mol. The fourth-order valence-corrected chi connectivity index (χ4v) is 3.79. The Bertz CT molecular complexity index is 1330. The van der Waals surface area contributed by atoms with E-state index in [2.05, 4.69) is 20.2 Å². The number of aromatic amines is 1. The van der Waals surface area contributed by atoms with Crippen LogP contribution in [-0.2, 0) is 25.6 Å². The number of allylic oxidation sites excluding steroid dienone is 1. The molecule has 2 aromatic heterocycles. The number of pyridine rings is 1. The zero-order chi connectivity index (χ0) is 24.9. The average Bonchev–Trinajstić information content (AvgIpc) is 3.36. The van der Waals surface area contributed by atoms with E-state index in [1.807, 2.05) is 45.3 Å². The molecule has 0 saturated carbocycles. The fourth-order valence-electron chi connectivity index (χ4n) is 3.79. The number of benzene rings is 1. The lowest BCUT2D eigenvalue weighted by Crippen LogP contribution is -2.17. The van der Waals surface area contributed by atoms with Gasteiger partial charge in [-0.1, -0.05) is 12.1 Å². The summed E-state index contributed by atoms with van der Waals surface area (Å²) < 4.78 is 11.1. The fraction of sp³-hybridized carbons (Fsp3) is 0.269. The first kappa shape index (κ1) is 26.9. The molecular formula is C26H29ClN4O5. The van der Waals surface area contributed by atoms with Gasteiger partial charge < -0.3 is 29.8 Å². The average molecular weight is 513 g/mol. The quantitative estimate of drug-likeness (QED) is 0.172. The van der Waals surface area contributed by atoms with E-state index in [9.17, 15) is 9.59 Å². The van der Waals surface area contributed by atoms with E-state index in [0.29, 0.717) is 16.9 Å². The summed E-state index contributed by atoms with van der Waals surface area (Å²) in [4.78, 5) is 35.4. The highest BCUT2D eigenvalue weighted by molar-refractivity contribution is 6.26. The van der Waals surface area contributed by atoms with Crippen molar-refractivity contribution < 1.29 is 24.2 Å². The van der Waals surface area contributed by atoms with Crippen LogP contribution in [0.4, 0.5) is 5.69 Å². The molecule has 0 spiro atoms. The highest BCUT2D eigenvalue weighted by atomic mass is 35.5. The summed E-state index contributed by atoms with van der Waals surface area (Å²) in [6.45, 7) is 2.59. The Morgan fingerprint density at radius 2 is 2.11 bits per heavy atom. The summed E-state index contributed by atoms with van der Waals surface area (Å²) in [5.41, 5.74) is 3.93. The van der Waals surface area contributed by atoms with Crippen LogP contribution in [0.25, 0.3) is 17.1 Å². The molecule has 0 radical (unpaired) electrons. The van der Waals surface area contributed by atoms with E-state index in [4.69, 9.17) is 14.6 Å². The van der Waals surface area contributed by atoms with Crippen LogP contribution in [0, 0.1) is 6.92 Å². The summed E-state index contributed by atoms with van der Waals surface area (Å²) in [5, 5.41) is 12.9. The van der Waals surface area contributed by atoms with E-state index >= 15 is 0 Å². The number of hydrogen-bond acceptors (Lipinski definition) is 8. The van der Waals surface area contributed by atoms with Crippen LogP contribution < -0.4 is 5.32 Å². The number of esters is 1. The van der Waals surface area contributed by atoms with Gasteiger partial charge in [0.25, 0.3) is 0 Å². The van der Waals surface area contributed by atoms with Gasteiger partial charge in [0.2, 0.25) is 11.7 Å². The Morgan fingerprint density at radius 1 is 1.31 bits per heavy atom. The predicted molar refractivity (Wildman–Crippen MR) is 139 cm³/mol. The van der Waals surface area contributed by atoms with Crippen molar-refractivity contribution in [2.45, 2.75) is 19.9 Å². The molecule has 0 fully saturated rings. The number of carbonyl (C=O) groups is 2. The molecule has 1 aliphatic heterocycles. The maximum Gasteiger partial charge on any atom is 0.347 e. The number of hydrogen-bond donors (Lipinski definition) is 3. The van der Waals surface area contributed by atoms with Crippen molar-refractivity contribution in [3.63, 3.8) is 0 Å². The number of ketones is 1. The zero-order valence-electron chi connectivity index (χ0n) is 20.3. The van der Waals surface area contributed by atoms with Crippen LogP contribution in [0.2, 0.25) is 0 Å². The highest BCUT2D eigenvalue weighted by Crippen LogP contribution is 2.31. The number of rotatable bonds is 9. The molecule has 1 aromatic carbocycles. The van der Waals surface area contributed by atoms with Crippen LogP contribution in [0.5, 0.6) is 0 Å². The molecule has 9 nitrogen and oxygen atoms in total. The van der Waals surface area contributed by atoms with Crippen LogP contribution in [0.15, 0.2) is 59.9 Å². The number of nitrogens with one attached hydrogen (secondary N) is 2. The number of Topliss-reactive ketones (excluding diaryl/α,β-unsaturated/α-hetero) is 1. The van der Waals surface area contributed by atoms with E-state index in [-0.39, 0.29) is 49.3 Å². The van der Waals surface area contributed by atoms with Gasteiger partial charge in [0.05, 0.1) is 6.61 Å². The molecule has 0 atom stereocenters. The Labute approximate surface area is 215 Å². The predicted octanol–water partition coefficient (Wildman–Crippen LogP) is 3.54. The van der Waals surface area contributed by atoms with Crippen molar-refractivity contribution in [3.05, 3.63) is 76.6 Å². The number of anilines is 1. The highest BCUT2D eigenvalue weighted by Gasteiger charge is 2.37. The minimum atomic E-state index is -0.808. The first-order chi connectivity index (χ1) is 16.9. The molecule has 10 heteroatoms. The van der Waals surface area contributed by atoms with Crippen molar-refractivity contribution >= 4 is 47.0 Å². The van der Waals surface area contributed by atoms with Gasteiger partial charge in [-0.25, -0.2) is 9.78 Å². The van der Waals surface area contributed by atoms with Gasteiger partial charge in [-0.3, -0.25) is 4.79 Å². The Morgan fingerprint density at radius 3 is 2.83 bits per heavy atom. The smallest absolute Gasteiger partial charge is 0.347 e. The number of aliphatic hydroxyl groups is 1. The molecule has 4 rings (SSSR count). The minimum absolute atomic E-state index is 0. The standard InChI is InChI=1S/C26H28N4O5.ClH/c1-16-12-17(15-30(2)3)7-8-20(16)29-25-22(26(33)34-11-5-10-31)23(32)21(35-25)13-18-14-28-24-19(18)6-4-9-27-24;/h4,6-9,12-14,29,31H,5,10-11,15H2,1-3H3,(H,27,28);1H. The number of aryl methyl sites for hydroxylation is 1. The third kappa shape index (κ3) is 5.93. The van der Waals surface area contributed by atoms with Gasteiger partial charge in [0, 0.05) is 48.6 Å². The maximum absolute atomic E-state index is 13.2. The molecule has 3 heterocycles. The third-order valence-electron chi connectivity index (χ3n) is 5.44. The molecule has 36 heavy (non-hydrogen) atoms. The number of nitrogens with zero attached hydrogens (tertiary/aromatic N) is 2. The Hall–Kier alpha value is -3.66. The number of halogens is 1. The van der Waals surface area contributed by atoms with E-state index in [0.717, 1.165) is 23.1 Å². The maximum atomic E-state index is 13.2. The topological polar surface area (TPSA) is 117 Å². The van der Waals surface area contributed by atoms with E-state index in [1.165, 1.54) is 0 Å². The van der Waals surface area contributed by atoms with Gasteiger partial charge in [-0.2, -0.15) is 0 Å². The zero-order valence-corrected chi connectivity index (χ0v) is 21.1. The molecule has 0 unspecified atom stereocenters. The number of ether oxygens (including phenoxy) is 2. The van der Waals surface area contributed by atoms with Gasteiger partial charge in [0.1, 0.15) is 5.65 Å². The minimum Gasteiger partial charge on any atom is -0.462 e. The van der Waals surface area contributed by atoms with E-state index in [1.54, 1.807) is 24.5 Å².